The molecule has 1 fully saturated rings. The smallest absolute Gasteiger partial charge is 0.416 e. The fraction of sp³-hybridized carbons (Fsp3) is 0.407. The van der Waals surface area contributed by atoms with Gasteiger partial charge in [-0.25, -0.2) is 9.78 Å². The molecule has 1 saturated carbocycles. The number of aromatic amines is 1. The molecule has 1 aromatic carbocycles. The van der Waals surface area contributed by atoms with E-state index >= 15 is 0 Å². The molecule has 0 unspecified atom stereocenters. The van der Waals surface area contributed by atoms with Gasteiger partial charge in [-0.3, -0.25) is 9.59 Å². The third-order valence-electron chi connectivity index (χ3n) is 7.15. The largest absolute Gasteiger partial charge is 0.462 e. The van der Waals surface area contributed by atoms with Gasteiger partial charge in [0, 0.05) is 16.8 Å². The molecular formula is C27H26F3N3O5S. The van der Waals surface area contributed by atoms with Crippen molar-refractivity contribution in [2.75, 3.05) is 13.2 Å². The first kappa shape index (κ1) is 27.1. The van der Waals surface area contributed by atoms with E-state index in [4.69, 9.17) is 9.72 Å². The van der Waals surface area contributed by atoms with Crippen LogP contribution in [0, 0.1) is 0 Å². The van der Waals surface area contributed by atoms with Crippen molar-refractivity contribution >= 4 is 23.2 Å². The van der Waals surface area contributed by atoms with Crippen molar-refractivity contribution in [3.63, 3.8) is 0 Å². The third kappa shape index (κ3) is 5.22. The highest BCUT2D eigenvalue weighted by Crippen LogP contribution is 2.54. The maximum atomic E-state index is 13.2. The number of benzene rings is 1. The summed E-state index contributed by atoms with van der Waals surface area (Å²) in [6, 6.07) is 5.79. The SMILES string of the molecule is CCOC(=O)c1csc(C2(c3nc4c(c(=O)[nH]3)CN(C(=O)[C@H](O)c3cccc(C(F)(F)F)c3)CCC4)CC2)c1. The Morgan fingerprint density at radius 2 is 2.05 bits per heavy atom. The molecule has 2 N–H and O–H groups in total. The van der Waals surface area contributed by atoms with Gasteiger partial charge in [0.25, 0.3) is 11.5 Å². The number of H-pyrrole nitrogens is 1. The van der Waals surface area contributed by atoms with Crippen LogP contribution in [0.25, 0.3) is 0 Å². The Hall–Kier alpha value is -3.51. The lowest BCUT2D eigenvalue weighted by Gasteiger charge is -2.24. The van der Waals surface area contributed by atoms with Gasteiger partial charge in [-0.2, -0.15) is 13.2 Å². The molecule has 12 heteroatoms. The highest BCUT2D eigenvalue weighted by molar-refractivity contribution is 7.10. The number of nitrogens with zero attached hydrogens (tertiary/aromatic N) is 2. The lowest BCUT2D eigenvalue weighted by molar-refractivity contribution is -0.142. The Balaban J connectivity index is 1.38. The van der Waals surface area contributed by atoms with E-state index in [1.807, 2.05) is 0 Å². The van der Waals surface area contributed by atoms with Gasteiger partial charge in [-0.1, -0.05) is 12.1 Å². The maximum Gasteiger partial charge on any atom is 0.416 e. The first-order valence-electron chi connectivity index (χ1n) is 12.6. The second kappa shape index (κ2) is 10.2. The van der Waals surface area contributed by atoms with Crippen LogP contribution in [0.1, 0.15) is 75.7 Å². The Morgan fingerprint density at radius 3 is 2.74 bits per heavy atom. The van der Waals surface area contributed by atoms with Crippen molar-refractivity contribution < 1.29 is 32.6 Å². The average Bonchev–Trinajstić information content (AvgIpc) is 3.62. The van der Waals surface area contributed by atoms with Crippen LogP contribution < -0.4 is 5.56 Å². The molecule has 206 valence electrons. The molecule has 2 aromatic heterocycles. The number of esters is 1. The summed E-state index contributed by atoms with van der Waals surface area (Å²) >= 11 is 1.41. The van der Waals surface area contributed by atoms with Crippen LogP contribution in [0.4, 0.5) is 13.2 Å². The van der Waals surface area contributed by atoms with E-state index in [-0.39, 0.29) is 30.8 Å². The van der Waals surface area contributed by atoms with Crippen LogP contribution in [-0.2, 0) is 34.1 Å². The number of alkyl halides is 3. The van der Waals surface area contributed by atoms with E-state index in [0.717, 1.165) is 35.9 Å². The van der Waals surface area contributed by atoms with Crippen molar-refractivity contribution in [2.24, 2.45) is 0 Å². The van der Waals surface area contributed by atoms with Crippen LogP contribution in [0.15, 0.2) is 40.5 Å². The quantitative estimate of drug-likeness (QED) is 0.438. The molecule has 3 heterocycles. The Kier molecular flexibility index (Phi) is 7.10. The Bertz CT molecular complexity index is 1480. The number of aliphatic hydroxyl groups excluding tert-OH is 1. The minimum atomic E-state index is -4.61. The van der Waals surface area contributed by atoms with Crippen LogP contribution in [0.3, 0.4) is 0 Å². The predicted octanol–water partition coefficient (Wildman–Crippen LogP) is 4.12. The van der Waals surface area contributed by atoms with Gasteiger partial charge in [0.2, 0.25) is 0 Å². The number of amides is 1. The molecule has 1 aliphatic carbocycles. The fourth-order valence-electron chi connectivity index (χ4n) is 4.87. The zero-order valence-corrected chi connectivity index (χ0v) is 21.8. The van der Waals surface area contributed by atoms with Crippen molar-refractivity contribution in [3.05, 3.63) is 84.7 Å². The molecule has 0 spiro atoms. The molecule has 1 atom stereocenters. The van der Waals surface area contributed by atoms with Crippen molar-refractivity contribution in [3.8, 4) is 0 Å². The molecule has 2 aliphatic rings. The van der Waals surface area contributed by atoms with Gasteiger partial charge < -0.3 is 19.7 Å². The number of aryl methyl sites for hydroxylation is 1. The van der Waals surface area contributed by atoms with Gasteiger partial charge in [-0.05, 0) is 56.4 Å². The summed E-state index contributed by atoms with van der Waals surface area (Å²) in [5.74, 6) is -0.682. The number of carbonyl (C=O) groups is 2. The highest BCUT2D eigenvalue weighted by Gasteiger charge is 2.50. The molecule has 0 radical (unpaired) electrons. The Morgan fingerprint density at radius 1 is 1.28 bits per heavy atom. The molecule has 0 bridgehead atoms. The first-order valence-corrected chi connectivity index (χ1v) is 13.4. The van der Waals surface area contributed by atoms with Gasteiger partial charge >= 0.3 is 12.1 Å². The standard InChI is InChI=1S/C27H26F3N3O5S/c1-2-38-24(37)16-12-20(39-14-16)26(8-9-26)25-31-19-7-4-10-33(13-18(19)22(35)32-25)23(36)21(34)15-5-3-6-17(11-15)27(28,29)30/h3,5-6,11-12,14,21,34H,2,4,7-10,13H2,1H3,(H,31,32,35)/t21-/m1/s1. The van der Waals surface area contributed by atoms with E-state index in [1.165, 1.54) is 22.3 Å². The summed E-state index contributed by atoms with van der Waals surface area (Å²) in [6.45, 7) is 2.09. The number of thiophene rings is 1. The number of ether oxygens (including phenoxy) is 1. The number of aromatic nitrogens is 2. The molecule has 0 saturated heterocycles. The normalized spacial score (nSPS) is 17.2. The minimum absolute atomic E-state index is 0.119. The third-order valence-corrected chi connectivity index (χ3v) is 8.29. The second-order valence-electron chi connectivity index (χ2n) is 9.73. The number of rotatable bonds is 6. The van der Waals surface area contributed by atoms with E-state index in [2.05, 4.69) is 4.98 Å². The van der Waals surface area contributed by atoms with E-state index in [0.29, 0.717) is 29.9 Å². The number of hydrogen-bond donors (Lipinski definition) is 2. The van der Waals surface area contributed by atoms with Gasteiger partial charge in [0.1, 0.15) is 5.82 Å². The monoisotopic (exact) mass is 561 g/mol. The zero-order valence-electron chi connectivity index (χ0n) is 21.0. The number of hydrogen-bond acceptors (Lipinski definition) is 7. The molecule has 8 nitrogen and oxygen atoms in total. The van der Waals surface area contributed by atoms with E-state index in [1.54, 1.807) is 18.4 Å². The van der Waals surface area contributed by atoms with Crippen molar-refractivity contribution in [1.82, 2.24) is 14.9 Å². The molecule has 39 heavy (non-hydrogen) atoms. The number of fused-ring (bicyclic) bond motifs is 1. The second-order valence-corrected chi connectivity index (χ2v) is 10.6. The fourth-order valence-corrected chi connectivity index (χ4v) is 6.01. The summed E-state index contributed by atoms with van der Waals surface area (Å²) in [7, 11) is 0. The van der Waals surface area contributed by atoms with Crippen LogP contribution >= 0.6 is 11.3 Å². The highest BCUT2D eigenvalue weighted by atomic mass is 32.1. The van der Waals surface area contributed by atoms with Crippen LogP contribution in [0.2, 0.25) is 0 Å². The van der Waals surface area contributed by atoms with Gasteiger partial charge in [0.15, 0.2) is 6.10 Å². The van der Waals surface area contributed by atoms with E-state index < -0.39 is 40.7 Å². The van der Waals surface area contributed by atoms with Crippen molar-refractivity contribution in [2.45, 2.75) is 56.8 Å². The number of aliphatic hydroxyl groups is 1. The molecular weight excluding hydrogens is 535 g/mol. The summed E-state index contributed by atoms with van der Waals surface area (Å²) < 4.78 is 44.4. The van der Waals surface area contributed by atoms with Crippen LogP contribution in [0.5, 0.6) is 0 Å². The Labute approximate surface area is 225 Å². The number of halogens is 3. The summed E-state index contributed by atoms with van der Waals surface area (Å²) in [6.07, 6.45) is -4.02. The lowest BCUT2D eigenvalue weighted by atomic mass is 10.0. The van der Waals surface area contributed by atoms with Gasteiger partial charge in [-0.15, -0.1) is 11.3 Å². The predicted molar refractivity (Wildman–Crippen MR) is 135 cm³/mol. The first-order chi connectivity index (χ1) is 18.5. The topological polar surface area (TPSA) is 113 Å². The average molecular weight is 562 g/mol. The number of carbonyl (C=O) groups excluding carboxylic acids is 2. The van der Waals surface area contributed by atoms with Crippen molar-refractivity contribution in [1.29, 1.82) is 0 Å². The summed E-state index contributed by atoms with van der Waals surface area (Å²) in [5.41, 5.74) is -0.747. The van der Waals surface area contributed by atoms with E-state index in [9.17, 15) is 32.7 Å². The van der Waals surface area contributed by atoms with Gasteiger partial charge in [0.05, 0.1) is 41.0 Å². The summed E-state index contributed by atoms with van der Waals surface area (Å²) in [4.78, 5) is 48.3. The lowest BCUT2D eigenvalue weighted by Crippen LogP contribution is -2.36. The zero-order chi connectivity index (χ0) is 27.9. The molecule has 5 rings (SSSR count). The molecule has 3 aromatic rings. The van der Waals surface area contributed by atoms with Crippen LogP contribution in [-0.4, -0.2) is 45.0 Å². The minimum Gasteiger partial charge on any atom is -0.462 e. The maximum absolute atomic E-state index is 13.2. The number of nitrogens with one attached hydrogen (secondary N) is 1. The summed E-state index contributed by atoms with van der Waals surface area (Å²) in [5, 5.41) is 12.3. The molecule has 1 amide bonds. The molecule has 1 aliphatic heterocycles.